The minimum atomic E-state index is -5.97. The molecule has 15 heavy (non-hydrogen) atoms. The molecule has 0 aliphatic rings. The van der Waals surface area contributed by atoms with E-state index in [1.54, 1.807) is 0 Å². The summed E-state index contributed by atoms with van der Waals surface area (Å²) in [6.45, 7) is 0. The number of hydrogen-bond donors (Lipinski definition) is 5. The predicted octanol–water partition coefficient (Wildman–Crippen LogP) is -0.612. The zero-order valence-electron chi connectivity index (χ0n) is 6.69. The van der Waals surface area contributed by atoms with E-state index in [9.17, 15) is 22.7 Å². The minimum Gasteiger partial charge on any atom is -0.477 e. The van der Waals surface area contributed by atoms with Crippen molar-refractivity contribution < 1.29 is 47.4 Å². The minimum absolute atomic E-state index is 3.03. The third-order valence-corrected chi connectivity index (χ3v) is 4.97. The van der Waals surface area contributed by atoms with Crippen LogP contribution in [-0.2, 0) is 13.9 Å². The second kappa shape index (κ2) is 3.89. The van der Waals surface area contributed by atoms with E-state index in [1.807, 2.05) is 0 Å². The van der Waals surface area contributed by atoms with Gasteiger partial charge in [-0.3, -0.25) is 9.13 Å². The van der Waals surface area contributed by atoms with E-state index in [1.165, 1.54) is 0 Å². The summed E-state index contributed by atoms with van der Waals surface area (Å²) in [4.78, 5) is 43.0. The lowest BCUT2D eigenvalue weighted by Gasteiger charge is -2.24. The first kappa shape index (κ1) is 14.6. The maximum Gasteiger partial charge on any atom is 0.376 e. The molecule has 0 aromatic rings. The fourth-order valence-corrected chi connectivity index (χ4v) is 3.36. The molecule has 8 nitrogen and oxygen atoms in total. The lowest BCUT2D eigenvalue weighted by atomic mass is 10.4. The highest BCUT2D eigenvalue weighted by atomic mass is 31.2. The quantitative estimate of drug-likeness (QED) is 0.424. The standard InChI is InChI=1S/C3H6F2O8P2/c4-3(5,1(6)7)2(14(8,9)10)15(11,12)13/h2H,(H,6,7)(H2,8,9,10)(H2,11,12,13). The van der Waals surface area contributed by atoms with Crippen LogP contribution in [0, 0.1) is 0 Å². The highest BCUT2D eigenvalue weighted by molar-refractivity contribution is 7.71. The lowest BCUT2D eigenvalue weighted by Crippen LogP contribution is -2.41. The molecule has 0 rings (SSSR count). The van der Waals surface area contributed by atoms with Crippen molar-refractivity contribution in [2.75, 3.05) is 0 Å². The Labute approximate surface area is 80.9 Å². The first-order valence-corrected chi connectivity index (χ1v) is 6.39. The first-order valence-electron chi connectivity index (χ1n) is 3.03. The van der Waals surface area contributed by atoms with Crippen LogP contribution in [0.5, 0.6) is 0 Å². The molecule has 0 bridgehead atoms. The van der Waals surface area contributed by atoms with Gasteiger partial charge < -0.3 is 24.7 Å². The van der Waals surface area contributed by atoms with E-state index in [2.05, 4.69) is 0 Å². The summed E-state index contributed by atoms with van der Waals surface area (Å²) >= 11 is 0. The van der Waals surface area contributed by atoms with Gasteiger partial charge in [-0.25, -0.2) is 4.79 Å². The molecular formula is C3H6F2O8P2. The lowest BCUT2D eigenvalue weighted by molar-refractivity contribution is -0.163. The highest BCUT2D eigenvalue weighted by Gasteiger charge is 2.64. The summed E-state index contributed by atoms with van der Waals surface area (Å²) in [7, 11) is -11.9. The number of carboxylic acid groups (broad SMARTS) is 1. The van der Waals surface area contributed by atoms with E-state index in [-0.39, 0.29) is 0 Å². The van der Waals surface area contributed by atoms with Gasteiger partial charge >= 0.3 is 27.1 Å². The van der Waals surface area contributed by atoms with Gasteiger partial charge in [-0.15, -0.1) is 0 Å². The molecule has 0 aliphatic carbocycles. The van der Waals surface area contributed by atoms with Crippen molar-refractivity contribution in [3.8, 4) is 0 Å². The van der Waals surface area contributed by atoms with Crippen LogP contribution < -0.4 is 0 Å². The molecule has 0 spiro atoms. The molecule has 0 aliphatic heterocycles. The van der Waals surface area contributed by atoms with Crippen LogP contribution in [0.25, 0.3) is 0 Å². The van der Waals surface area contributed by atoms with Crippen LogP contribution in [0.1, 0.15) is 0 Å². The molecule has 0 amide bonds. The van der Waals surface area contributed by atoms with E-state index < -0.39 is 32.5 Å². The monoisotopic (exact) mass is 270 g/mol. The van der Waals surface area contributed by atoms with Gasteiger partial charge in [0.2, 0.25) is 5.40 Å². The average molecular weight is 270 g/mol. The van der Waals surface area contributed by atoms with Gasteiger partial charge in [-0.2, -0.15) is 8.78 Å². The summed E-state index contributed by atoms with van der Waals surface area (Å²) in [5.41, 5.74) is 0. The Hall–Kier alpha value is -0.370. The predicted molar refractivity (Wildman–Crippen MR) is 40.5 cm³/mol. The molecule has 12 heteroatoms. The Kier molecular flexibility index (Phi) is 3.80. The molecule has 0 fully saturated rings. The van der Waals surface area contributed by atoms with Gasteiger partial charge in [-0.1, -0.05) is 0 Å². The van der Waals surface area contributed by atoms with Crippen LogP contribution in [-0.4, -0.2) is 42.0 Å². The Bertz CT molecular complexity index is 331. The molecular weight excluding hydrogens is 264 g/mol. The fourth-order valence-electron chi connectivity index (χ4n) is 0.729. The number of halogens is 2. The van der Waals surface area contributed by atoms with Gasteiger partial charge in [0.05, 0.1) is 0 Å². The highest BCUT2D eigenvalue weighted by Crippen LogP contribution is 2.65. The van der Waals surface area contributed by atoms with Crippen molar-refractivity contribution in [2.24, 2.45) is 0 Å². The van der Waals surface area contributed by atoms with E-state index in [0.29, 0.717) is 0 Å². The number of aliphatic carboxylic acids is 1. The normalized spacial score (nSPS) is 14.3. The van der Waals surface area contributed by atoms with Crippen LogP contribution >= 0.6 is 15.2 Å². The number of carboxylic acids is 1. The molecule has 0 atom stereocenters. The van der Waals surface area contributed by atoms with E-state index >= 15 is 0 Å². The third kappa shape index (κ3) is 3.30. The van der Waals surface area contributed by atoms with E-state index in [4.69, 9.17) is 24.7 Å². The van der Waals surface area contributed by atoms with Gasteiger partial charge in [0, 0.05) is 0 Å². The molecule has 0 radical (unpaired) electrons. The van der Waals surface area contributed by atoms with Crippen molar-refractivity contribution in [2.45, 2.75) is 11.3 Å². The molecule has 0 aromatic carbocycles. The second-order valence-electron chi connectivity index (χ2n) is 2.48. The van der Waals surface area contributed by atoms with Crippen LogP contribution in [0.3, 0.4) is 0 Å². The number of carbonyl (C=O) groups is 1. The van der Waals surface area contributed by atoms with Crippen molar-refractivity contribution >= 4 is 21.2 Å². The van der Waals surface area contributed by atoms with Gasteiger partial charge in [0.15, 0.2) is 0 Å². The summed E-state index contributed by atoms with van der Waals surface area (Å²) in [6, 6.07) is 0. The molecule has 90 valence electrons. The summed E-state index contributed by atoms with van der Waals surface area (Å²) in [5.74, 6) is -8.25. The Balaban J connectivity index is 5.64. The second-order valence-corrected chi connectivity index (χ2v) is 6.28. The molecule has 0 unspecified atom stereocenters. The zero-order chi connectivity index (χ0) is 12.7. The summed E-state index contributed by atoms with van der Waals surface area (Å²) < 4.78 is 46.0. The van der Waals surface area contributed by atoms with Crippen LogP contribution in [0.2, 0.25) is 0 Å². The fraction of sp³-hybridized carbons (Fsp3) is 0.667. The summed E-state index contributed by atoms with van der Waals surface area (Å²) in [5, 5.41) is 4.02. The van der Waals surface area contributed by atoms with Gasteiger partial charge in [0.1, 0.15) is 0 Å². The van der Waals surface area contributed by atoms with Crippen molar-refractivity contribution in [1.29, 1.82) is 0 Å². The molecule has 5 N–H and O–H groups in total. The molecule has 0 aromatic heterocycles. The van der Waals surface area contributed by atoms with Crippen LogP contribution in [0.4, 0.5) is 8.78 Å². The number of alkyl halides is 2. The topological polar surface area (TPSA) is 152 Å². The van der Waals surface area contributed by atoms with Crippen LogP contribution in [0.15, 0.2) is 0 Å². The van der Waals surface area contributed by atoms with Crippen molar-refractivity contribution in [1.82, 2.24) is 0 Å². The van der Waals surface area contributed by atoms with Gasteiger partial charge in [-0.05, 0) is 0 Å². The Morgan fingerprint density at radius 3 is 1.40 bits per heavy atom. The number of rotatable bonds is 4. The maximum atomic E-state index is 12.6. The SMILES string of the molecule is O=C(O)C(F)(F)C(P(=O)(O)O)P(=O)(O)O. The van der Waals surface area contributed by atoms with Crippen molar-refractivity contribution in [3.63, 3.8) is 0 Å². The maximum absolute atomic E-state index is 12.6. The zero-order valence-corrected chi connectivity index (χ0v) is 8.48. The largest absolute Gasteiger partial charge is 0.477 e. The summed E-state index contributed by atoms with van der Waals surface area (Å²) in [6.07, 6.45) is 0. The van der Waals surface area contributed by atoms with E-state index in [0.717, 1.165) is 0 Å². The Morgan fingerprint density at radius 2 is 1.33 bits per heavy atom. The van der Waals surface area contributed by atoms with Crippen molar-refractivity contribution in [3.05, 3.63) is 0 Å². The molecule has 0 saturated heterocycles. The van der Waals surface area contributed by atoms with Gasteiger partial charge in [0.25, 0.3) is 0 Å². The third-order valence-electron chi connectivity index (χ3n) is 1.25. The molecule has 0 saturated carbocycles. The smallest absolute Gasteiger partial charge is 0.376 e. The first-order chi connectivity index (χ1) is 6.31. The Morgan fingerprint density at radius 1 is 1.07 bits per heavy atom. The number of hydrogen-bond acceptors (Lipinski definition) is 3. The average Bonchev–Trinajstić information content (AvgIpc) is 1.76. The molecule has 0 heterocycles.